The minimum atomic E-state index is -0.819. The quantitative estimate of drug-likeness (QED) is 0.761. The van der Waals surface area contributed by atoms with Crippen LogP contribution < -0.4 is 11.1 Å². The summed E-state index contributed by atoms with van der Waals surface area (Å²) in [6.07, 6.45) is -0.0227. The molecule has 0 bridgehead atoms. The van der Waals surface area contributed by atoms with Gasteiger partial charge in [0.1, 0.15) is 12.7 Å². The summed E-state index contributed by atoms with van der Waals surface area (Å²) < 4.78 is 10.1. The first-order valence-corrected chi connectivity index (χ1v) is 7.62. The van der Waals surface area contributed by atoms with Crippen LogP contribution in [0.2, 0.25) is 0 Å². The van der Waals surface area contributed by atoms with Gasteiger partial charge in [0.2, 0.25) is 0 Å². The van der Waals surface area contributed by atoms with Crippen molar-refractivity contribution in [3.63, 3.8) is 0 Å². The van der Waals surface area contributed by atoms with Crippen molar-refractivity contribution in [3.8, 4) is 0 Å². The lowest BCUT2D eigenvalue weighted by atomic mass is 9.83. The fourth-order valence-corrected chi connectivity index (χ4v) is 2.80. The number of carbonyl (C=O) groups is 2. The molecule has 2 amide bonds. The van der Waals surface area contributed by atoms with Crippen LogP contribution in [-0.2, 0) is 16.1 Å². The lowest BCUT2D eigenvalue weighted by Gasteiger charge is -2.34. The van der Waals surface area contributed by atoms with Gasteiger partial charge in [0.25, 0.3) is 0 Å². The molecule has 0 aliphatic heterocycles. The van der Waals surface area contributed by atoms with Crippen LogP contribution in [0.3, 0.4) is 0 Å². The van der Waals surface area contributed by atoms with Crippen LogP contribution in [0.15, 0.2) is 30.3 Å². The van der Waals surface area contributed by atoms with Crippen LogP contribution in [-0.4, -0.2) is 36.0 Å². The molecular formula is C16H22N2O5. The van der Waals surface area contributed by atoms with Gasteiger partial charge in [-0.25, -0.2) is 9.59 Å². The van der Waals surface area contributed by atoms with Gasteiger partial charge in [-0.05, 0) is 24.8 Å². The second kappa shape index (κ2) is 8.38. The molecule has 1 fully saturated rings. The fourth-order valence-electron chi connectivity index (χ4n) is 2.80. The maximum absolute atomic E-state index is 11.9. The first kappa shape index (κ1) is 17.1. The molecule has 0 aromatic heterocycles. The molecular weight excluding hydrogens is 300 g/mol. The third-order valence-electron chi connectivity index (χ3n) is 3.97. The Balaban J connectivity index is 1.79. The maximum atomic E-state index is 11.9. The number of carbonyl (C=O) groups excluding carboxylic acids is 2. The zero-order chi connectivity index (χ0) is 16.7. The molecule has 23 heavy (non-hydrogen) atoms. The van der Waals surface area contributed by atoms with E-state index in [0.29, 0.717) is 19.3 Å². The van der Waals surface area contributed by atoms with Crippen LogP contribution in [0.4, 0.5) is 9.59 Å². The van der Waals surface area contributed by atoms with Gasteiger partial charge in [-0.3, -0.25) is 0 Å². The zero-order valence-electron chi connectivity index (χ0n) is 12.8. The van der Waals surface area contributed by atoms with E-state index in [1.807, 2.05) is 30.3 Å². The highest BCUT2D eigenvalue weighted by molar-refractivity contribution is 5.67. The number of hydrogen-bond acceptors (Lipinski definition) is 5. The van der Waals surface area contributed by atoms with E-state index >= 15 is 0 Å². The van der Waals surface area contributed by atoms with Crippen LogP contribution in [0.5, 0.6) is 0 Å². The summed E-state index contributed by atoms with van der Waals surface area (Å²) in [5.74, 6) is -0.197. The molecule has 0 radical (unpaired) electrons. The maximum Gasteiger partial charge on any atom is 0.407 e. The van der Waals surface area contributed by atoms with Crippen LogP contribution in [0, 0.1) is 5.92 Å². The van der Waals surface area contributed by atoms with Gasteiger partial charge < -0.3 is 25.6 Å². The van der Waals surface area contributed by atoms with Gasteiger partial charge in [-0.1, -0.05) is 30.3 Å². The molecule has 1 aromatic carbocycles. The number of nitrogens with two attached hydrogens (primary N) is 1. The van der Waals surface area contributed by atoms with E-state index in [1.165, 1.54) is 0 Å². The summed E-state index contributed by atoms with van der Waals surface area (Å²) in [5.41, 5.74) is 5.91. The van der Waals surface area contributed by atoms with Crippen molar-refractivity contribution in [2.75, 3.05) is 6.61 Å². The summed E-state index contributed by atoms with van der Waals surface area (Å²) in [6.45, 7) is 0.0822. The molecule has 7 nitrogen and oxygen atoms in total. The summed E-state index contributed by atoms with van der Waals surface area (Å²) in [5, 5.41) is 12.2. The van der Waals surface area contributed by atoms with Crippen molar-refractivity contribution in [2.24, 2.45) is 11.7 Å². The smallest absolute Gasteiger partial charge is 0.407 e. The number of rotatable bonds is 5. The summed E-state index contributed by atoms with van der Waals surface area (Å²) in [4.78, 5) is 22.7. The highest BCUT2D eigenvalue weighted by Crippen LogP contribution is 2.26. The Kier molecular flexibility index (Phi) is 6.22. The second-order valence-corrected chi connectivity index (χ2v) is 5.63. The molecule has 1 saturated carbocycles. The van der Waals surface area contributed by atoms with Gasteiger partial charge in [-0.2, -0.15) is 0 Å². The van der Waals surface area contributed by atoms with Crippen molar-refractivity contribution in [3.05, 3.63) is 35.9 Å². The van der Waals surface area contributed by atoms with Crippen LogP contribution in [0.1, 0.15) is 24.8 Å². The van der Waals surface area contributed by atoms with Crippen molar-refractivity contribution in [1.82, 2.24) is 5.32 Å². The topological polar surface area (TPSA) is 111 Å². The van der Waals surface area contributed by atoms with Crippen LogP contribution in [0.25, 0.3) is 0 Å². The van der Waals surface area contributed by atoms with Crippen molar-refractivity contribution in [2.45, 2.75) is 38.0 Å². The molecule has 2 rings (SSSR count). The molecule has 1 aromatic rings. The van der Waals surface area contributed by atoms with Gasteiger partial charge in [0.05, 0.1) is 0 Å². The average Bonchev–Trinajstić information content (AvgIpc) is 2.55. The van der Waals surface area contributed by atoms with Gasteiger partial charge in [0, 0.05) is 18.6 Å². The standard InChI is InChI=1S/C16H22N2O5/c17-15(20)23-13-6-7-14(12(8-13)9-19)18-16(21)22-10-11-4-2-1-3-5-11/h1-5,12-14,19H,6-10H2,(H2,17,20)(H,18,21)/t12-,13+,14-/m0/s1. The van der Waals surface area contributed by atoms with Crippen molar-refractivity contribution in [1.29, 1.82) is 0 Å². The molecule has 3 atom stereocenters. The molecule has 7 heteroatoms. The van der Waals surface area contributed by atoms with Gasteiger partial charge in [-0.15, -0.1) is 0 Å². The van der Waals surface area contributed by atoms with Crippen molar-refractivity contribution >= 4 is 12.2 Å². The SMILES string of the molecule is NC(=O)O[C@@H]1CC[C@H](NC(=O)OCc2ccccc2)[C@H](CO)C1. The Bertz CT molecular complexity index is 522. The molecule has 126 valence electrons. The first-order chi connectivity index (χ1) is 11.1. The average molecular weight is 322 g/mol. The second-order valence-electron chi connectivity index (χ2n) is 5.63. The number of ether oxygens (including phenoxy) is 2. The largest absolute Gasteiger partial charge is 0.446 e. The third-order valence-corrected chi connectivity index (χ3v) is 3.97. The summed E-state index contributed by atoms with van der Waals surface area (Å²) in [7, 11) is 0. The molecule has 0 heterocycles. The van der Waals surface area contributed by atoms with E-state index < -0.39 is 12.2 Å². The number of aliphatic hydroxyl groups is 1. The van der Waals surface area contributed by atoms with Gasteiger partial charge in [0.15, 0.2) is 0 Å². The molecule has 0 spiro atoms. The number of aliphatic hydroxyl groups excluding tert-OH is 1. The van der Waals surface area contributed by atoms with Gasteiger partial charge >= 0.3 is 12.2 Å². The summed E-state index contributed by atoms with van der Waals surface area (Å²) >= 11 is 0. The lowest BCUT2D eigenvalue weighted by Crippen LogP contribution is -2.47. The molecule has 1 aliphatic carbocycles. The van der Waals surface area contributed by atoms with E-state index in [-0.39, 0.29) is 31.3 Å². The molecule has 1 aliphatic rings. The number of alkyl carbamates (subject to hydrolysis) is 1. The third kappa shape index (κ3) is 5.45. The Labute approximate surface area is 134 Å². The number of benzene rings is 1. The van der Waals surface area contributed by atoms with E-state index in [9.17, 15) is 14.7 Å². The molecule has 0 unspecified atom stereocenters. The first-order valence-electron chi connectivity index (χ1n) is 7.62. The van der Waals surface area contributed by atoms with E-state index in [1.54, 1.807) is 0 Å². The normalized spacial score (nSPS) is 23.8. The number of nitrogens with one attached hydrogen (secondary N) is 1. The molecule has 4 N–H and O–H groups in total. The van der Waals surface area contributed by atoms with E-state index in [4.69, 9.17) is 15.2 Å². The Morgan fingerprint density at radius 2 is 2.00 bits per heavy atom. The number of amides is 2. The molecule has 0 saturated heterocycles. The minimum Gasteiger partial charge on any atom is -0.446 e. The fraction of sp³-hybridized carbons (Fsp3) is 0.500. The van der Waals surface area contributed by atoms with E-state index in [2.05, 4.69) is 5.32 Å². The van der Waals surface area contributed by atoms with E-state index in [0.717, 1.165) is 5.56 Å². The number of hydrogen-bond donors (Lipinski definition) is 3. The van der Waals surface area contributed by atoms with Crippen molar-refractivity contribution < 1.29 is 24.2 Å². The highest BCUT2D eigenvalue weighted by Gasteiger charge is 2.33. The minimum absolute atomic E-state index is 0.109. The Hall–Kier alpha value is -2.28. The highest BCUT2D eigenvalue weighted by atomic mass is 16.6. The number of primary amides is 1. The Morgan fingerprint density at radius 1 is 1.26 bits per heavy atom. The lowest BCUT2D eigenvalue weighted by molar-refractivity contribution is 0.0348. The van der Waals surface area contributed by atoms with Crippen LogP contribution >= 0.6 is 0 Å². The predicted molar refractivity (Wildman–Crippen MR) is 82.4 cm³/mol. The zero-order valence-corrected chi connectivity index (χ0v) is 12.8. The Morgan fingerprint density at radius 3 is 2.65 bits per heavy atom. The summed E-state index contributed by atoms with van der Waals surface area (Å²) in [6, 6.07) is 9.17. The monoisotopic (exact) mass is 322 g/mol. The predicted octanol–water partition coefficient (Wildman–Crippen LogP) is 1.54.